The van der Waals surface area contributed by atoms with Gasteiger partial charge < -0.3 is 15.0 Å². The molecule has 0 saturated heterocycles. The van der Waals surface area contributed by atoms with Gasteiger partial charge in [-0.2, -0.15) is 0 Å². The number of sulfonamides is 1. The maximum Gasteiger partial charge on any atom is 0.264 e. The SMILES string of the molecule is CCCNC(=O)[C@H](Cc1ccccc1)N(Cc1ccccc1F)C(=O)CN(c1ccc(Cl)cc1)S(=O)(=O)c1ccc(OC)cc1. The van der Waals surface area contributed by atoms with Crippen molar-refractivity contribution in [2.24, 2.45) is 0 Å². The summed E-state index contributed by atoms with van der Waals surface area (Å²) in [7, 11) is -2.84. The van der Waals surface area contributed by atoms with Crippen LogP contribution >= 0.6 is 11.6 Å². The highest BCUT2D eigenvalue weighted by Crippen LogP contribution is 2.27. The molecule has 0 fully saturated rings. The molecule has 0 aromatic heterocycles. The Morgan fingerprint density at radius 3 is 2.18 bits per heavy atom. The number of amides is 2. The van der Waals surface area contributed by atoms with Crippen LogP contribution in [0.25, 0.3) is 0 Å². The molecule has 4 aromatic carbocycles. The van der Waals surface area contributed by atoms with E-state index in [2.05, 4.69) is 5.32 Å². The smallest absolute Gasteiger partial charge is 0.264 e. The van der Waals surface area contributed by atoms with E-state index < -0.39 is 40.2 Å². The molecular weight excluding hydrogens is 617 g/mol. The van der Waals surface area contributed by atoms with Crippen LogP contribution < -0.4 is 14.4 Å². The van der Waals surface area contributed by atoms with Crippen molar-refractivity contribution in [2.75, 3.05) is 24.5 Å². The highest BCUT2D eigenvalue weighted by Gasteiger charge is 2.35. The van der Waals surface area contributed by atoms with Gasteiger partial charge in [0.15, 0.2) is 0 Å². The first-order valence-corrected chi connectivity index (χ1v) is 16.2. The minimum Gasteiger partial charge on any atom is -0.497 e. The standard InChI is InChI=1S/C34H35ClFN3O5S/c1-3-21-37-34(41)32(22-25-9-5-4-6-10-25)38(23-26-11-7-8-12-31(26)36)33(40)24-39(28-15-13-27(35)14-16-28)45(42,43)30-19-17-29(44-2)18-20-30/h4-20,32H,3,21-24H2,1-2H3,(H,37,41)/t32-/m0/s1. The lowest BCUT2D eigenvalue weighted by Crippen LogP contribution is -2.53. The predicted molar refractivity (Wildman–Crippen MR) is 173 cm³/mol. The molecule has 45 heavy (non-hydrogen) atoms. The van der Waals surface area contributed by atoms with E-state index in [-0.39, 0.29) is 29.1 Å². The normalized spacial score (nSPS) is 11.8. The van der Waals surface area contributed by atoms with Crippen molar-refractivity contribution in [3.05, 3.63) is 125 Å². The summed E-state index contributed by atoms with van der Waals surface area (Å²) in [6.45, 7) is 1.34. The number of rotatable bonds is 14. The Kier molecular flexibility index (Phi) is 11.6. The summed E-state index contributed by atoms with van der Waals surface area (Å²) in [6, 6.07) is 25.9. The molecule has 4 rings (SSSR count). The van der Waals surface area contributed by atoms with Crippen LogP contribution in [-0.2, 0) is 32.6 Å². The van der Waals surface area contributed by atoms with Crippen molar-refractivity contribution >= 4 is 39.1 Å². The molecule has 0 aliphatic carbocycles. The molecule has 1 N–H and O–H groups in total. The van der Waals surface area contributed by atoms with Gasteiger partial charge in [0.25, 0.3) is 10.0 Å². The summed E-state index contributed by atoms with van der Waals surface area (Å²) in [5.41, 5.74) is 1.15. The van der Waals surface area contributed by atoms with Gasteiger partial charge in [0.05, 0.1) is 17.7 Å². The third kappa shape index (κ3) is 8.61. The number of hydrogen-bond donors (Lipinski definition) is 1. The first-order chi connectivity index (χ1) is 21.6. The predicted octanol–water partition coefficient (Wildman–Crippen LogP) is 5.85. The van der Waals surface area contributed by atoms with E-state index in [4.69, 9.17) is 16.3 Å². The summed E-state index contributed by atoms with van der Waals surface area (Å²) < 4.78 is 49.2. The highest BCUT2D eigenvalue weighted by atomic mass is 35.5. The lowest BCUT2D eigenvalue weighted by atomic mass is 10.0. The molecule has 1 atom stereocenters. The summed E-state index contributed by atoms with van der Waals surface area (Å²) in [4.78, 5) is 29.2. The molecule has 0 saturated carbocycles. The van der Waals surface area contributed by atoms with Crippen LogP contribution in [0.4, 0.5) is 10.1 Å². The molecule has 0 heterocycles. The van der Waals surface area contributed by atoms with E-state index in [0.717, 1.165) is 9.87 Å². The molecule has 0 radical (unpaired) electrons. The second-order valence-corrected chi connectivity index (χ2v) is 12.6. The molecule has 0 spiro atoms. The Hall–Kier alpha value is -4.41. The molecular formula is C34H35ClFN3O5S. The number of anilines is 1. The fourth-order valence-electron chi connectivity index (χ4n) is 4.74. The van der Waals surface area contributed by atoms with Gasteiger partial charge in [-0.15, -0.1) is 0 Å². The molecule has 0 aliphatic heterocycles. The van der Waals surface area contributed by atoms with Crippen LogP contribution in [0.15, 0.2) is 108 Å². The number of nitrogens with one attached hydrogen (secondary N) is 1. The Labute approximate surface area is 268 Å². The average Bonchev–Trinajstić information content (AvgIpc) is 3.05. The zero-order chi connectivity index (χ0) is 32.4. The number of methoxy groups -OCH3 is 1. The zero-order valence-electron chi connectivity index (χ0n) is 25.0. The fourth-order valence-corrected chi connectivity index (χ4v) is 6.28. The van der Waals surface area contributed by atoms with Gasteiger partial charge in [-0.1, -0.05) is 67.1 Å². The van der Waals surface area contributed by atoms with E-state index in [0.29, 0.717) is 23.7 Å². The highest BCUT2D eigenvalue weighted by molar-refractivity contribution is 7.92. The Morgan fingerprint density at radius 1 is 0.911 bits per heavy atom. The van der Waals surface area contributed by atoms with Gasteiger partial charge in [0.1, 0.15) is 24.2 Å². The van der Waals surface area contributed by atoms with Gasteiger partial charge in [-0.3, -0.25) is 13.9 Å². The van der Waals surface area contributed by atoms with Crippen LogP contribution in [-0.4, -0.2) is 51.4 Å². The number of benzene rings is 4. The number of hydrogen-bond acceptors (Lipinski definition) is 5. The van der Waals surface area contributed by atoms with E-state index >= 15 is 0 Å². The van der Waals surface area contributed by atoms with E-state index in [9.17, 15) is 22.4 Å². The van der Waals surface area contributed by atoms with Gasteiger partial charge in [-0.05, 0) is 66.6 Å². The summed E-state index contributed by atoms with van der Waals surface area (Å²) in [6.07, 6.45) is 0.790. The van der Waals surface area contributed by atoms with Crippen molar-refractivity contribution in [1.82, 2.24) is 10.2 Å². The maximum atomic E-state index is 15.0. The molecule has 0 bridgehead atoms. The molecule has 11 heteroatoms. The molecule has 0 unspecified atom stereocenters. The number of carbonyl (C=O) groups is 2. The van der Waals surface area contributed by atoms with Gasteiger partial charge >= 0.3 is 0 Å². The van der Waals surface area contributed by atoms with Crippen LogP contribution in [0, 0.1) is 5.82 Å². The molecule has 0 aliphatic rings. The van der Waals surface area contributed by atoms with Crippen LogP contribution in [0.2, 0.25) is 5.02 Å². The zero-order valence-corrected chi connectivity index (χ0v) is 26.6. The monoisotopic (exact) mass is 651 g/mol. The minimum atomic E-state index is -4.31. The third-order valence-electron chi connectivity index (χ3n) is 7.16. The maximum absolute atomic E-state index is 15.0. The topological polar surface area (TPSA) is 96.0 Å². The lowest BCUT2D eigenvalue weighted by Gasteiger charge is -2.34. The first kappa shape index (κ1) is 33.5. The summed E-state index contributed by atoms with van der Waals surface area (Å²) in [5.74, 6) is -1.22. The third-order valence-corrected chi connectivity index (χ3v) is 9.20. The lowest BCUT2D eigenvalue weighted by molar-refractivity contribution is -0.140. The van der Waals surface area contributed by atoms with Crippen LogP contribution in [0.3, 0.4) is 0 Å². The van der Waals surface area contributed by atoms with Crippen LogP contribution in [0.5, 0.6) is 5.75 Å². The van der Waals surface area contributed by atoms with Crippen molar-refractivity contribution in [3.63, 3.8) is 0 Å². The quantitative estimate of drug-likeness (QED) is 0.185. The van der Waals surface area contributed by atoms with E-state index in [1.54, 1.807) is 6.07 Å². The molecule has 8 nitrogen and oxygen atoms in total. The first-order valence-electron chi connectivity index (χ1n) is 14.4. The number of halogens is 2. The second-order valence-electron chi connectivity index (χ2n) is 10.3. The fraction of sp³-hybridized carbons (Fsp3) is 0.235. The van der Waals surface area contributed by atoms with Crippen LogP contribution in [0.1, 0.15) is 24.5 Å². The second kappa shape index (κ2) is 15.5. The largest absolute Gasteiger partial charge is 0.497 e. The average molecular weight is 652 g/mol. The summed E-state index contributed by atoms with van der Waals surface area (Å²) in [5, 5.41) is 3.24. The molecule has 2 amide bonds. The number of nitrogens with zero attached hydrogens (tertiary/aromatic N) is 2. The van der Waals surface area contributed by atoms with Gasteiger partial charge in [0, 0.05) is 30.1 Å². The van der Waals surface area contributed by atoms with Crippen molar-refractivity contribution in [3.8, 4) is 5.75 Å². The Morgan fingerprint density at radius 2 is 1.56 bits per heavy atom. The van der Waals surface area contributed by atoms with E-state index in [1.165, 1.54) is 78.7 Å². The van der Waals surface area contributed by atoms with Crippen molar-refractivity contribution in [1.29, 1.82) is 0 Å². The molecule has 4 aromatic rings. The van der Waals surface area contributed by atoms with Crippen molar-refractivity contribution < 1.29 is 27.1 Å². The molecule has 236 valence electrons. The van der Waals surface area contributed by atoms with Crippen molar-refractivity contribution in [2.45, 2.75) is 37.2 Å². The van der Waals surface area contributed by atoms with Gasteiger partial charge in [-0.25, -0.2) is 12.8 Å². The number of ether oxygens (including phenoxy) is 1. The van der Waals surface area contributed by atoms with Gasteiger partial charge in [0.2, 0.25) is 11.8 Å². The van der Waals surface area contributed by atoms with E-state index in [1.807, 2.05) is 37.3 Å². The summed E-state index contributed by atoms with van der Waals surface area (Å²) >= 11 is 6.10. The minimum absolute atomic E-state index is 0.0757. The Bertz CT molecular complexity index is 1690. The Balaban J connectivity index is 1.80. The number of carbonyl (C=O) groups excluding carboxylic acids is 2.